The molecule has 0 aromatic carbocycles. The Kier molecular flexibility index (Phi) is 4.54. The van der Waals surface area contributed by atoms with Gasteiger partial charge in [0.25, 0.3) is 10.0 Å². The summed E-state index contributed by atoms with van der Waals surface area (Å²) in [6.45, 7) is 6.30. The Balaban J connectivity index is 1.65. The molecule has 8 heteroatoms. The molecule has 0 aliphatic carbocycles. The molecule has 0 bridgehead atoms. The van der Waals surface area contributed by atoms with Crippen LogP contribution in [0, 0.1) is 0 Å². The standard InChI is InChI=1S/C14H25N5O2S/c1-12-10-18(22(20,21)14-9-15-11-16-14)7-8-19(12)13-3-5-17(2)6-4-13/h9,11-13H,3-8,10H2,1-2H3,(H,15,16). The zero-order valence-corrected chi connectivity index (χ0v) is 14.1. The Morgan fingerprint density at radius 1 is 1.23 bits per heavy atom. The number of piperazine rings is 1. The molecule has 1 unspecified atom stereocenters. The number of hydrogen-bond donors (Lipinski definition) is 1. The lowest BCUT2D eigenvalue weighted by Gasteiger charge is -2.45. The van der Waals surface area contributed by atoms with Crippen LogP contribution in [-0.2, 0) is 10.0 Å². The van der Waals surface area contributed by atoms with E-state index in [0.717, 1.165) is 19.6 Å². The van der Waals surface area contributed by atoms with Crippen molar-refractivity contribution in [2.75, 3.05) is 39.8 Å². The average Bonchev–Trinajstić information content (AvgIpc) is 3.03. The van der Waals surface area contributed by atoms with Crippen LogP contribution in [0.4, 0.5) is 0 Å². The number of nitrogens with zero attached hydrogens (tertiary/aromatic N) is 4. The zero-order chi connectivity index (χ0) is 15.7. The van der Waals surface area contributed by atoms with Crippen molar-refractivity contribution in [2.24, 2.45) is 0 Å². The highest BCUT2D eigenvalue weighted by atomic mass is 32.2. The molecule has 2 fully saturated rings. The second kappa shape index (κ2) is 6.27. The van der Waals surface area contributed by atoms with Crippen molar-refractivity contribution in [3.05, 3.63) is 12.5 Å². The molecule has 1 aromatic rings. The monoisotopic (exact) mass is 327 g/mol. The molecule has 0 spiro atoms. The number of sulfonamides is 1. The van der Waals surface area contributed by atoms with E-state index in [9.17, 15) is 8.42 Å². The van der Waals surface area contributed by atoms with Gasteiger partial charge in [-0.05, 0) is 39.9 Å². The second-order valence-corrected chi connectivity index (χ2v) is 8.31. The molecule has 0 saturated carbocycles. The van der Waals surface area contributed by atoms with Crippen LogP contribution >= 0.6 is 0 Å². The Morgan fingerprint density at radius 3 is 2.55 bits per heavy atom. The Bertz CT molecular complexity index is 580. The van der Waals surface area contributed by atoms with Crippen LogP contribution in [0.5, 0.6) is 0 Å². The first-order valence-electron chi connectivity index (χ1n) is 7.91. The van der Waals surface area contributed by atoms with Crippen LogP contribution in [0.1, 0.15) is 19.8 Å². The van der Waals surface area contributed by atoms with Gasteiger partial charge in [0.05, 0.1) is 12.5 Å². The van der Waals surface area contributed by atoms with Gasteiger partial charge in [0.1, 0.15) is 0 Å². The summed E-state index contributed by atoms with van der Waals surface area (Å²) in [5, 5.41) is 0.187. The molecule has 1 N–H and O–H groups in total. The summed E-state index contributed by atoms with van der Waals surface area (Å²) >= 11 is 0. The Labute approximate surface area is 132 Å². The lowest BCUT2D eigenvalue weighted by Crippen LogP contribution is -2.58. The van der Waals surface area contributed by atoms with Crippen LogP contribution < -0.4 is 0 Å². The molecule has 3 heterocycles. The fraction of sp³-hybridized carbons (Fsp3) is 0.786. The lowest BCUT2D eigenvalue weighted by atomic mass is 10.0. The van der Waals surface area contributed by atoms with Gasteiger partial charge in [0.15, 0.2) is 5.03 Å². The molecule has 124 valence electrons. The highest BCUT2D eigenvalue weighted by Gasteiger charge is 2.36. The first kappa shape index (κ1) is 15.9. The number of aromatic nitrogens is 2. The number of piperidine rings is 1. The van der Waals surface area contributed by atoms with Crippen LogP contribution in [0.15, 0.2) is 17.6 Å². The molecule has 2 saturated heterocycles. The number of H-pyrrole nitrogens is 1. The van der Waals surface area contributed by atoms with Crippen LogP contribution in [-0.4, -0.2) is 84.3 Å². The van der Waals surface area contributed by atoms with Crippen molar-refractivity contribution in [1.82, 2.24) is 24.1 Å². The highest BCUT2D eigenvalue weighted by Crippen LogP contribution is 2.23. The van der Waals surface area contributed by atoms with Gasteiger partial charge in [-0.15, -0.1) is 0 Å². The summed E-state index contributed by atoms with van der Waals surface area (Å²) in [6, 6.07) is 0.836. The molecule has 2 aliphatic rings. The first-order valence-corrected chi connectivity index (χ1v) is 9.35. The highest BCUT2D eigenvalue weighted by molar-refractivity contribution is 7.89. The quantitative estimate of drug-likeness (QED) is 0.858. The molecule has 0 radical (unpaired) electrons. The van der Waals surface area contributed by atoms with E-state index < -0.39 is 10.0 Å². The van der Waals surface area contributed by atoms with Gasteiger partial charge in [-0.25, -0.2) is 13.4 Å². The molecule has 0 amide bonds. The maximum absolute atomic E-state index is 12.5. The second-order valence-electron chi connectivity index (χ2n) is 6.40. The van der Waals surface area contributed by atoms with Gasteiger partial charge in [-0.2, -0.15) is 4.31 Å². The smallest absolute Gasteiger partial charge is 0.260 e. The van der Waals surface area contributed by atoms with Crippen molar-refractivity contribution in [1.29, 1.82) is 0 Å². The van der Waals surface area contributed by atoms with Crippen LogP contribution in [0.3, 0.4) is 0 Å². The van der Waals surface area contributed by atoms with Crippen molar-refractivity contribution < 1.29 is 8.42 Å². The first-order chi connectivity index (χ1) is 10.5. The molecule has 7 nitrogen and oxygen atoms in total. The van der Waals surface area contributed by atoms with Gasteiger partial charge in [0.2, 0.25) is 0 Å². The summed E-state index contributed by atoms with van der Waals surface area (Å²) in [7, 11) is -1.27. The predicted octanol–water partition coefficient (Wildman–Crippen LogP) is 0.199. The molecular formula is C14H25N5O2S. The minimum Gasteiger partial charge on any atom is -0.335 e. The number of hydrogen-bond acceptors (Lipinski definition) is 5. The normalized spacial score (nSPS) is 27.3. The predicted molar refractivity (Wildman–Crippen MR) is 84.0 cm³/mol. The molecule has 1 aromatic heterocycles. The van der Waals surface area contributed by atoms with E-state index in [1.54, 1.807) is 4.31 Å². The molecule has 1 atom stereocenters. The van der Waals surface area contributed by atoms with Gasteiger partial charge < -0.3 is 9.88 Å². The van der Waals surface area contributed by atoms with Crippen molar-refractivity contribution in [3.8, 4) is 0 Å². The van der Waals surface area contributed by atoms with Crippen molar-refractivity contribution in [2.45, 2.75) is 36.9 Å². The molecule has 22 heavy (non-hydrogen) atoms. The van der Waals surface area contributed by atoms with E-state index in [-0.39, 0.29) is 11.1 Å². The van der Waals surface area contributed by atoms with E-state index in [1.165, 1.54) is 25.4 Å². The van der Waals surface area contributed by atoms with Gasteiger partial charge in [0, 0.05) is 31.7 Å². The topological polar surface area (TPSA) is 72.5 Å². The minimum atomic E-state index is -3.43. The fourth-order valence-corrected chi connectivity index (χ4v) is 4.96. The van der Waals surface area contributed by atoms with E-state index >= 15 is 0 Å². The van der Waals surface area contributed by atoms with E-state index in [1.807, 2.05) is 0 Å². The summed E-state index contributed by atoms with van der Waals surface area (Å²) in [5.41, 5.74) is 0. The molecular weight excluding hydrogens is 302 g/mol. The number of aromatic amines is 1. The number of imidazole rings is 1. The Morgan fingerprint density at radius 2 is 1.95 bits per heavy atom. The van der Waals surface area contributed by atoms with Crippen molar-refractivity contribution in [3.63, 3.8) is 0 Å². The maximum atomic E-state index is 12.5. The number of nitrogens with one attached hydrogen (secondary N) is 1. The Hall–Kier alpha value is -0.960. The maximum Gasteiger partial charge on any atom is 0.260 e. The third kappa shape index (κ3) is 3.05. The molecule has 2 aliphatic heterocycles. The largest absolute Gasteiger partial charge is 0.335 e. The van der Waals surface area contributed by atoms with Crippen LogP contribution in [0.25, 0.3) is 0 Å². The van der Waals surface area contributed by atoms with E-state index in [2.05, 4.69) is 33.7 Å². The third-order valence-corrected chi connectivity index (χ3v) is 6.68. The summed E-state index contributed by atoms with van der Waals surface area (Å²) in [5.74, 6) is 0. The lowest BCUT2D eigenvalue weighted by molar-refractivity contribution is 0.0497. The number of likely N-dealkylation sites (tertiary alicyclic amines) is 1. The van der Waals surface area contributed by atoms with Crippen LogP contribution in [0.2, 0.25) is 0 Å². The average molecular weight is 327 g/mol. The summed E-state index contributed by atoms with van der Waals surface area (Å²) in [4.78, 5) is 11.4. The molecule has 3 rings (SSSR count). The summed E-state index contributed by atoms with van der Waals surface area (Å²) in [6.07, 6.45) is 5.14. The van der Waals surface area contributed by atoms with E-state index in [0.29, 0.717) is 19.1 Å². The van der Waals surface area contributed by atoms with Crippen molar-refractivity contribution >= 4 is 10.0 Å². The van der Waals surface area contributed by atoms with Gasteiger partial charge in [-0.1, -0.05) is 0 Å². The minimum absolute atomic E-state index is 0.187. The SMILES string of the molecule is CC1CN(S(=O)(=O)c2cnc[nH]2)CCN1C1CCN(C)CC1. The zero-order valence-electron chi connectivity index (χ0n) is 13.3. The van der Waals surface area contributed by atoms with Gasteiger partial charge in [-0.3, -0.25) is 4.90 Å². The van der Waals surface area contributed by atoms with E-state index in [4.69, 9.17) is 0 Å². The van der Waals surface area contributed by atoms with Gasteiger partial charge >= 0.3 is 0 Å². The third-order valence-electron chi connectivity index (χ3n) is 4.89. The fourth-order valence-electron chi connectivity index (χ4n) is 3.55. The number of rotatable bonds is 3. The summed E-state index contributed by atoms with van der Waals surface area (Å²) < 4.78 is 26.7.